The predicted molar refractivity (Wildman–Crippen MR) is 61.3 cm³/mol. The molecule has 0 aliphatic heterocycles. The van der Waals surface area contributed by atoms with E-state index in [9.17, 15) is 0 Å². The van der Waals surface area contributed by atoms with Gasteiger partial charge in [0, 0.05) is 24.0 Å². The Bertz CT molecular complexity index is 315. The van der Waals surface area contributed by atoms with Gasteiger partial charge in [0.25, 0.3) is 0 Å². The van der Waals surface area contributed by atoms with Gasteiger partial charge in [0.1, 0.15) is 0 Å². The summed E-state index contributed by atoms with van der Waals surface area (Å²) >= 11 is 1.73. The Morgan fingerprint density at radius 3 is 2.93 bits per heavy atom. The molecule has 1 aromatic rings. The third-order valence-corrected chi connectivity index (χ3v) is 4.83. The smallest absolute Gasteiger partial charge is 0.0940 e. The second kappa shape index (κ2) is 3.85. The molecular weight excluding hydrogens is 206 g/mol. The summed E-state index contributed by atoms with van der Waals surface area (Å²) in [4.78, 5) is 4.33. The summed E-state index contributed by atoms with van der Waals surface area (Å²) in [6.45, 7) is 0. The highest BCUT2D eigenvalue weighted by atomic mass is 32.1. The van der Waals surface area contributed by atoms with Crippen molar-refractivity contribution in [2.75, 3.05) is 0 Å². The molecule has 2 aliphatic carbocycles. The van der Waals surface area contributed by atoms with Crippen molar-refractivity contribution in [3.63, 3.8) is 0 Å². The maximum absolute atomic E-state index is 5.66. The molecule has 0 aromatic carbocycles. The molecule has 82 valence electrons. The number of aromatic nitrogens is 1. The van der Waals surface area contributed by atoms with Crippen molar-refractivity contribution in [3.8, 4) is 0 Å². The summed E-state index contributed by atoms with van der Waals surface area (Å²) in [5.74, 6) is 8.41. The van der Waals surface area contributed by atoms with Gasteiger partial charge in [-0.25, -0.2) is 4.98 Å². The average molecular weight is 223 g/mol. The third kappa shape index (κ3) is 1.71. The SMILES string of the molecule is NNC(Cc1nccs1)C1C2CCCC21. The van der Waals surface area contributed by atoms with Crippen LogP contribution in [0.5, 0.6) is 0 Å². The normalized spacial score (nSPS) is 35.1. The molecule has 3 atom stereocenters. The lowest BCUT2D eigenvalue weighted by Gasteiger charge is -2.16. The van der Waals surface area contributed by atoms with Crippen LogP contribution in [0.2, 0.25) is 0 Å². The summed E-state index contributed by atoms with van der Waals surface area (Å²) in [7, 11) is 0. The lowest BCUT2D eigenvalue weighted by atomic mass is 10.0. The molecule has 0 bridgehead atoms. The van der Waals surface area contributed by atoms with Crippen molar-refractivity contribution in [1.29, 1.82) is 0 Å². The highest BCUT2D eigenvalue weighted by molar-refractivity contribution is 7.09. The number of nitrogens with one attached hydrogen (secondary N) is 1. The van der Waals surface area contributed by atoms with Gasteiger partial charge in [-0.05, 0) is 30.6 Å². The van der Waals surface area contributed by atoms with Crippen LogP contribution in [-0.4, -0.2) is 11.0 Å². The highest BCUT2D eigenvalue weighted by Crippen LogP contribution is 2.59. The zero-order valence-electron chi connectivity index (χ0n) is 8.73. The van der Waals surface area contributed by atoms with E-state index in [2.05, 4.69) is 10.4 Å². The fourth-order valence-electron chi connectivity index (χ4n) is 3.32. The summed E-state index contributed by atoms with van der Waals surface area (Å²) in [5, 5.41) is 3.25. The van der Waals surface area contributed by atoms with Crippen LogP contribution in [0, 0.1) is 17.8 Å². The molecule has 3 unspecified atom stereocenters. The van der Waals surface area contributed by atoms with Gasteiger partial charge in [0.15, 0.2) is 0 Å². The van der Waals surface area contributed by atoms with Crippen molar-refractivity contribution in [2.24, 2.45) is 23.6 Å². The van der Waals surface area contributed by atoms with Gasteiger partial charge in [-0.3, -0.25) is 11.3 Å². The monoisotopic (exact) mass is 223 g/mol. The summed E-state index contributed by atoms with van der Waals surface area (Å²) in [5.41, 5.74) is 3.00. The van der Waals surface area contributed by atoms with Crippen LogP contribution in [-0.2, 0) is 6.42 Å². The lowest BCUT2D eigenvalue weighted by molar-refractivity contribution is 0.409. The number of hydrazine groups is 1. The maximum atomic E-state index is 5.66. The van der Waals surface area contributed by atoms with Gasteiger partial charge in [-0.1, -0.05) is 6.42 Å². The zero-order valence-corrected chi connectivity index (χ0v) is 9.54. The number of nitrogens with zero attached hydrogens (tertiary/aromatic N) is 1. The molecule has 0 saturated heterocycles. The fraction of sp³-hybridized carbons (Fsp3) is 0.727. The molecule has 3 N–H and O–H groups in total. The molecule has 0 amide bonds. The lowest BCUT2D eigenvalue weighted by Crippen LogP contribution is -2.39. The minimum atomic E-state index is 0.450. The standard InChI is InChI=1S/C11H17N3S/c12-14-9(6-10-13-4-5-15-10)11-7-2-1-3-8(7)11/h4-5,7-9,11,14H,1-3,6,12H2. The van der Waals surface area contributed by atoms with Crippen molar-refractivity contribution in [2.45, 2.75) is 31.7 Å². The first-order valence-electron chi connectivity index (χ1n) is 5.74. The van der Waals surface area contributed by atoms with Gasteiger partial charge >= 0.3 is 0 Å². The van der Waals surface area contributed by atoms with Crippen LogP contribution in [0.3, 0.4) is 0 Å². The van der Waals surface area contributed by atoms with Gasteiger partial charge in [-0.2, -0.15) is 0 Å². The van der Waals surface area contributed by atoms with E-state index in [1.165, 1.54) is 24.3 Å². The first-order chi connectivity index (χ1) is 7.40. The van der Waals surface area contributed by atoms with E-state index < -0.39 is 0 Å². The van der Waals surface area contributed by atoms with Crippen molar-refractivity contribution in [1.82, 2.24) is 10.4 Å². The molecule has 0 spiro atoms. The minimum Gasteiger partial charge on any atom is -0.271 e. The molecule has 2 aliphatic rings. The van der Waals surface area contributed by atoms with Crippen LogP contribution < -0.4 is 11.3 Å². The Balaban J connectivity index is 1.63. The van der Waals surface area contributed by atoms with Gasteiger partial charge in [-0.15, -0.1) is 11.3 Å². The third-order valence-electron chi connectivity index (χ3n) is 4.03. The van der Waals surface area contributed by atoms with E-state index in [1.54, 1.807) is 11.3 Å². The van der Waals surface area contributed by atoms with E-state index in [-0.39, 0.29) is 0 Å². The quantitative estimate of drug-likeness (QED) is 0.601. The molecule has 3 nitrogen and oxygen atoms in total. The van der Waals surface area contributed by atoms with Crippen molar-refractivity contribution in [3.05, 3.63) is 16.6 Å². The summed E-state index contributed by atoms with van der Waals surface area (Å²) in [6.07, 6.45) is 7.16. The van der Waals surface area contributed by atoms with Crippen LogP contribution in [0.4, 0.5) is 0 Å². The van der Waals surface area contributed by atoms with Crippen molar-refractivity contribution < 1.29 is 0 Å². The van der Waals surface area contributed by atoms with E-state index in [1.807, 2.05) is 11.6 Å². The molecule has 1 heterocycles. The average Bonchev–Trinajstić information content (AvgIpc) is 2.73. The fourth-order valence-corrected chi connectivity index (χ4v) is 4.00. The molecule has 15 heavy (non-hydrogen) atoms. The molecular formula is C11H17N3S. The molecule has 3 rings (SSSR count). The van der Waals surface area contributed by atoms with Gasteiger partial charge in [0.2, 0.25) is 0 Å². The van der Waals surface area contributed by atoms with Crippen LogP contribution in [0.1, 0.15) is 24.3 Å². The number of rotatable bonds is 4. The van der Waals surface area contributed by atoms with Gasteiger partial charge in [0.05, 0.1) is 5.01 Å². The van der Waals surface area contributed by atoms with Crippen LogP contribution in [0.15, 0.2) is 11.6 Å². The van der Waals surface area contributed by atoms with Crippen molar-refractivity contribution >= 4 is 11.3 Å². The zero-order chi connectivity index (χ0) is 10.3. The molecule has 0 radical (unpaired) electrons. The second-order valence-electron chi connectivity index (χ2n) is 4.74. The maximum Gasteiger partial charge on any atom is 0.0940 e. The Hall–Kier alpha value is -0.450. The summed E-state index contributed by atoms with van der Waals surface area (Å²) in [6, 6.07) is 0.450. The Labute approximate surface area is 94.1 Å². The van der Waals surface area contributed by atoms with Crippen LogP contribution in [0.25, 0.3) is 0 Å². The number of hydrogen-bond acceptors (Lipinski definition) is 4. The topological polar surface area (TPSA) is 50.9 Å². The van der Waals surface area contributed by atoms with Gasteiger partial charge < -0.3 is 0 Å². The molecule has 4 heteroatoms. The second-order valence-corrected chi connectivity index (χ2v) is 5.72. The van der Waals surface area contributed by atoms with E-state index in [0.29, 0.717) is 6.04 Å². The Morgan fingerprint density at radius 1 is 1.53 bits per heavy atom. The Morgan fingerprint density at radius 2 is 2.33 bits per heavy atom. The minimum absolute atomic E-state index is 0.450. The number of thiazole rings is 1. The largest absolute Gasteiger partial charge is 0.271 e. The molecule has 1 aromatic heterocycles. The van der Waals surface area contributed by atoms with E-state index in [4.69, 9.17) is 5.84 Å². The van der Waals surface area contributed by atoms with E-state index in [0.717, 1.165) is 24.2 Å². The molecule has 2 saturated carbocycles. The highest BCUT2D eigenvalue weighted by Gasteiger charge is 2.55. The first-order valence-corrected chi connectivity index (χ1v) is 6.62. The van der Waals surface area contributed by atoms with Crippen LogP contribution >= 0.6 is 11.3 Å². The summed E-state index contributed by atoms with van der Waals surface area (Å²) < 4.78 is 0. The molecule has 2 fully saturated rings. The number of fused-ring (bicyclic) bond motifs is 1. The Kier molecular flexibility index (Phi) is 2.50. The van der Waals surface area contributed by atoms with E-state index >= 15 is 0 Å². The number of nitrogens with two attached hydrogens (primary N) is 1. The first kappa shape index (κ1) is 9.75. The predicted octanol–water partition coefficient (Wildman–Crippen LogP) is 1.56. The number of hydrogen-bond donors (Lipinski definition) is 2.